The van der Waals surface area contributed by atoms with Gasteiger partial charge in [0.15, 0.2) is 0 Å². The van der Waals surface area contributed by atoms with E-state index in [1.807, 2.05) is 4.90 Å². The predicted octanol–water partition coefficient (Wildman–Crippen LogP) is 4.99. The van der Waals surface area contributed by atoms with E-state index in [4.69, 9.17) is 0 Å². The van der Waals surface area contributed by atoms with Crippen molar-refractivity contribution in [3.63, 3.8) is 0 Å². The van der Waals surface area contributed by atoms with Crippen molar-refractivity contribution >= 4 is 27.5 Å². The number of carbonyl (C=O) groups excluding carboxylic acids is 1. The maximum absolute atomic E-state index is 12.3. The quantitative estimate of drug-likeness (QED) is 0.797. The molecule has 1 N–H and O–H groups in total. The topological polar surface area (TPSA) is 32.3 Å². The molecule has 0 aliphatic carbocycles. The van der Waals surface area contributed by atoms with Crippen LogP contribution in [0.15, 0.2) is 22.7 Å². The summed E-state index contributed by atoms with van der Waals surface area (Å²) in [6.45, 7) is 10.4. The second-order valence-corrected chi connectivity index (χ2v) is 8.68. The van der Waals surface area contributed by atoms with Gasteiger partial charge >= 0.3 is 0 Å². The summed E-state index contributed by atoms with van der Waals surface area (Å²) in [7, 11) is 0. The van der Waals surface area contributed by atoms with Gasteiger partial charge in [0.2, 0.25) is 5.91 Å². The average Bonchev–Trinajstić information content (AvgIpc) is 2.49. The number of hydrogen-bond acceptors (Lipinski definition) is 2. The lowest BCUT2D eigenvalue weighted by Gasteiger charge is -2.33. The first-order valence-electron chi connectivity index (χ1n) is 8.55. The molecule has 128 valence electrons. The number of piperidine rings is 1. The van der Waals surface area contributed by atoms with Gasteiger partial charge in [-0.2, -0.15) is 0 Å². The number of likely N-dealkylation sites (tertiary alicyclic amines) is 1. The Bertz CT molecular complexity index is 543. The van der Waals surface area contributed by atoms with Gasteiger partial charge in [-0.25, -0.2) is 0 Å². The molecule has 1 heterocycles. The molecule has 4 heteroatoms. The summed E-state index contributed by atoms with van der Waals surface area (Å²) in [5.74, 6) is 0.317. The third-order valence-electron chi connectivity index (χ3n) is 4.47. The molecule has 23 heavy (non-hydrogen) atoms. The van der Waals surface area contributed by atoms with E-state index in [1.165, 1.54) is 11.3 Å². The van der Waals surface area contributed by atoms with Crippen molar-refractivity contribution in [3.8, 4) is 0 Å². The summed E-state index contributed by atoms with van der Waals surface area (Å²) in [6.07, 6.45) is 3.68. The molecule has 1 aliphatic heterocycles. The lowest BCUT2D eigenvalue weighted by Crippen LogP contribution is -2.42. The van der Waals surface area contributed by atoms with Gasteiger partial charge in [-0.3, -0.25) is 4.79 Å². The minimum Gasteiger partial charge on any atom is -0.382 e. The second-order valence-electron chi connectivity index (χ2n) is 7.82. The maximum Gasteiger partial charge on any atom is 0.222 e. The summed E-state index contributed by atoms with van der Waals surface area (Å²) in [4.78, 5) is 14.3. The third-order valence-corrected chi connectivity index (χ3v) is 5.36. The molecule has 3 nitrogen and oxygen atoms in total. The van der Waals surface area contributed by atoms with E-state index in [-0.39, 0.29) is 5.41 Å². The molecule has 0 spiro atoms. The third kappa shape index (κ3) is 5.83. The smallest absolute Gasteiger partial charge is 0.222 e. The predicted molar refractivity (Wildman–Crippen MR) is 101 cm³/mol. The van der Waals surface area contributed by atoms with E-state index in [1.54, 1.807) is 0 Å². The Morgan fingerprint density at radius 3 is 2.52 bits per heavy atom. The van der Waals surface area contributed by atoms with Gasteiger partial charge in [0, 0.05) is 35.7 Å². The van der Waals surface area contributed by atoms with Crippen molar-refractivity contribution < 1.29 is 4.79 Å². The number of hydrogen-bond donors (Lipinski definition) is 1. The van der Waals surface area contributed by atoms with Gasteiger partial charge < -0.3 is 10.2 Å². The number of aryl methyl sites for hydroxylation is 1. The minimum absolute atomic E-state index is 0.231. The Kier molecular flexibility index (Phi) is 6.12. The molecule has 0 unspecified atom stereocenters. The first-order chi connectivity index (χ1) is 10.7. The summed E-state index contributed by atoms with van der Waals surface area (Å²) in [5.41, 5.74) is 2.64. The fourth-order valence-corrected chi connectivity index (χ4v) is 3.13. The van der Waals surface area contributed by atoms with Gasteiger partial charge in [-0.1, -0.05) is 36.7 Å². The molecule has 0 atom stereocenters. The fourth-order valence-electron chi connectivity index (χ4n) is 2.88. The first-order valence-corrected chi connectivity index (χ1v) is 9.34. The zero-order chi connectivity index (χ0) is 17.0. The van der Waals surface area contributed by atoms with E-state index in [0.717, 1.165) is 36.8 Å². The summed E-state index contributed by atoms with van der Waals surface area (Å²) >= 11 is 3.53. The molecule has 0 saturated carbocycles. The Hall–Kier alpha value is -1.03. The van der Waals surface area contributed by atoms with Gasteiger partial charge in [-0.15, -0.1) is 0 Å². The highest BCUT2D eigenvalue weighted by Crippen LogP contribution is 2.24. The van der Waals surface area contributed by atoms with E-state index in [2.05, 4.69) is 67.1 Å². The normalized spacial score (nSPS) is 16.5. The van der Waals surface area contributed by atoms with Crippen LogP contribution in [0.3, 0.4) is 0 Å². The summed E-state index contributed by atoms with van der Waals surface area (Å²) in [6, 6.07) is 6.83. The number of nitrogens with zero attached hydrogens (tertiary/aromatic N) is 1. The van der Waals surface area contributed by atoms with Gasteiger partial charge in [0.05, 0.1) is 0 Å². The Labute approximate surface area is 149 Å². The van der Waals surface area contributed by atoms with Crippen molar-refractivity contribution in [1.82, 2.24) is 4.90 Å². The van der Waals surface area contributed by atoms with Gasteiger partial charge in [0.1, 0.15) is 0 Å². The number of carbonyl (C=O) groups is 1. The molecule has 0 bridgehead atoms. The average molecular weight is 381 g/mol. The monoisotopic (exact) mass is 380 g/mol. The fraction of sp³-hybridized carbons (Fsp3) is 0.632. The van der Waals surface area contributed by atoms with Gasteiger partial charge in [0.25, 0.3) is 0 Å². The van der Waals surface area contributed by atoms with Crippen LogP contribution in [-0.4, -0.2) is 29.9 Å². The number of nitrogens with one attached hydrogen (secondary N) is 1. The van der Waals surface area contributed by atoms with Crippen LogP contribution in [-0.2, 0) is 4.79 Å². The molecular formula is C19H29BrN2O. The Morgan fingerprint density at radius 1 is 1.30 bits per heavy atom. The van der Waals surface area contributed by atoms with Crippen LogP contribution in [0.25, 0.3) is 0 Å². The number of anilines is 1. The van der Waals surface area contributed by atoms with Gasteiger partial charge in [-0.05, 0) is 55.4 Å². The highest BCUT2D eigenvalue weighted by atomic mass is 79.9. The summed E-state index contributed by atoms with van der Waals surface area (Å²) in [5, 5.41) is 3.61. The van der Waals surface area contributed by atoms with Crippen LogP contribution in [0.2, 0.25) is 0 Å². The van der Waals surface area contributed by atoms with Crippen molar-refractivity contribution in [2.24, 2.45) is 5.41 Å². The molecule has 0 radical (unpaired) electrons. The highest BCUT2D eigenvalue weighted by molar-refractivity contribution is 9.10. The number of amides is 1. The summed E-state index contributed by atoms with van der Waals surface area (Å²) < 4.78 is 1.14. The standard InChI is InChI=1S/C19H29BrN2O/c1-14-13-16(5-6-17(14)20)21-15-8-11-22(12-9-15)18(23)7-10-19(2,3)4/h5-6,13,15,21H,7-12H2,1-4H3. The van der Waals surface area contributed by atoms with Crippen molar-refractivity contribution in [1.29, 1.82) is 0 Å². The van der Waals surface area contributed by atoms with Crippen LogP contribution >= 0.6 is 15.9 Å². The molecule has 2 rings (SSSR count). The van der Waals surface area contributed by atoms with E-state index >= 15 is 0 Å². The largest absolute Gasteiger partial charge is 0.382 e. The zero-order valence-corrected chi connectivity index (χ0v) is 16.4. The molecule has 1 saturated heterocycles. The lowest BCUT2D eigenvalue weighted by molar-refractivity contribution is -0.132. The van der Waals surface area contributed by atoms with E-state index < -0.39 is 0 Å². The van der Waals surface area contributed by atoms with Crippen LogP contribution in [0.5, 0.6) is 0 Å². The number of halogens is 1. The Balaban J connectivity index is 1.79. The molecular weight excluding hydrogens is 352 g/mol. The lowest BCUT2D eigenvalue weighted by atomic mass is 9.90. The zero-order valence-electron chi connectivity index (χ0n) is 14.8. The highest BCUT2D eigenvalue weighted by Gasteiger charge is 2.23. The molecule has 1 amide bonds. The van der Waals surface area contributed by atoms with E-state index in [0.29, 0.717) is 18.4 Å². The number of rotatable bonds is 4. The maximum atomic E-state index is 12.3. The van der Waals surface area contributed by atoms with Crippen molar-refractivity contribution in [2.75, 3.05) is 18.4 Å². The van der Waals surface area contributed by atoms with Crippen LogP contribution in [0.1, 0.15) is 52.0 Å². The van der Waals surface area contributed by atoms with Crippen molar-refractivity contribution in [2.45, 2.75) is 59.4 Å². The molecule has 1 fully saturated rings. The van der Waals surface area contributed by atoms with Crippen LogP contribution < -0.4 is 5.32 Å². The Morgan fingerprint density at radius 2 is 1.96 bits per heavy atom. The second kappa shape index (κ2) is 7.69. The molecule has 1 aliphatic rings. The minimum atomic E-state index is 0.231. The first kappa shape index (κ1) is 18.3. The van der Waals surface area contributed by atoms with Crippen LogP contribution in [0.4, 0.5) is 5.69 Å². The van der Waals surface area contributed by atoms with Crippen LogP contribution in [0, 0.1) is 12.3 Å². The molecule has 1 aromatic rings. The SMILES string of the molecule is Cc1cc(NC2CCN(C(=O)CCC(C)(C)C)CC2)ccc1Br. The number of benzene rings is 1. The van der Waals surface area contributed by atoms with E-state index in [9.17, 15) is 4.79 Å². The van der Waals surface area contributed by atoms with Crippen molar-refractivity contribution in [3.05, 3.63) is 28.2 Å². The molecule has 1 aromatic carbocycles. The molecule has 0 aromatic heterocycles.